The molecule has 25 heavy (non-hydrogen) atoms. The van der Waals surface area contributed by atoms with E-state index in [0.717, 1.165) is 6.42 Å². The van der Waals surface area contributed by atoms with Crippen LogP contribution in [0.4, 0.5) is 0 Å². The predicted octanol–water partition coefficient (Wildman–Crippen LogP) is 2.11. The molecule has 0 radical (unpaired) electrons. The number of carbonyl (C=O) groups is 2. The Morgan fingerprint density at radius 1 is 1.32 bits per heavy atom. The van der Waals surface area contributed by atoms with Gasteiger partial charge in [0.1, 0.15) is 17.9 Å². The molecular formula is C18H22N2O5. The molecule has 1 aliphatic rings. The normalized spacial score (nSPS) is 19.6. The number of likely N-dealkylation sites (tertiary alicyclic amines) is 1. The minimum absolute atomic E-state index is 0.212. The molecule has 3 rings (SSSR count). The third kappa shape index (κ3) is 3.93. The lowest BCUT2D eigenvalue weighted by Crippen LogP contribution is -2.48. The number of hydrogen-bond donors (Lipinski definition) is 2. The minimum Gasteiger partial charge on any atom is -0.467 e. The quantitative estimate of drug-likeness (QED) is 0.835. The molecule has 0 spiro atoms. The van der Waals surface area contributed by atoms with Crippen molar-refractivity contribution in [2.75, 3.05) is 6.54 Å². The molecule has 2 aromatic rings. The zero-order valence-electron chi connectivity index (χ0n) is 14.1. The van der Waals surface area contributed by atoms with Crippen molar-refractivity contribution in [1.82, 2.24) is 10.2 Å². The summed E-state index contributed by atoms with van der Waals surface area (Å²) in [5.74, 6) is 0.222. The highest BCUT2D eigenvalue weighted by Crippen LogP contribution is 2.22. The van der Waals surface area contributed by atoms with Crippen molar-refractivity contribution in [1.29, 1.82) is 0 Å². The summed E-state index contributed by atoms with van der Waals surface area (Å²) in [7, 11) is 0. The average molecular weight is 346 g/mol. The molecule has 7 nitrogen and oxygen atoms in total. The molecule has 2 aromatic heterocycles. The summed E-state index contributed by atoms with van der Waals surface area (Å²) in [5, 5.41) is 13.0. The van der Waals surface area contributed by atoms with Crippen molar-refractivity contribution in [3.05, 3.63) is 48.3 Å². The van der Waals surface area contributed by atoms with Crippen molar-refractivity contribution < 1.29 is 23.5 Å². The monoisotopic (exact) mass is 346 g/mol. The van der Waals surface area contributed by atoms with Gasteiger partial charge in [-0.25, -0.2) is 0 Å². The molecule has 1 saturated heterocycles. The highest BCUT2D eigenvalue weighted by atomic mass is 16.4. The summed E-state index contributed by atoms with van der Waals surface area (Å²) < 4.78 is 10.3. The second-order valence-corrected chi connectivity index (χ2v) is 6.31. The van der Waals surface area contributed by atoms with E-state index in [9.17, 15) is 14.7 Å². The second-order valence-electron chi connectivity index (χ2n) is 6.31. The van der Waals surface area contributed by atoms with Crippen LogP contribution in [0.2, 0.25) is 0 Å². The number of amides is 2. The van der Waals surface area contributed by atoms with Crippen molar-refractivity contribution in [2.45, 2.75) is 44.4 Å². The Kier molecular flexibility index (Phi) is 5.23. The SMILES string of the molecule is CC(CC(O)c1ccco1)NC(=O)C1CCCN1C(=O)c1ccco1. The molecule has 134 valence electrons. The first-order chi connectivity index (χ1) is 12.1. The van der Waals surface area contributed by atoms with Crippen molar-refractivity contribution in [3.8, 4) is 0 Å². The predicted molar refractivity (Wildman–Crippen MR) is 88.7 cm³/mol. The summed E-state index contributed by atoms with van der Waals surface area (Å²) in [6.07, 6.45) is 3.88. The highest BCUT2D eigenvalue weighted by molar-refractivity contribution is 5.96. The van der Waals surface area contributed by atoms with Crippen LogP contribution in [0.25, 0.3) is 0 Å². The van der Waals surface area contributed by atoms with Gasteiger partial charge in [0.15, 0.2) is 5.76 Å². The lowest BCUT2D eigenvalue weighted by molar-refractivity contribution is -0.125. The molecule has 1 fully saturated rings. The summed E-state index contributed by atoms with van der Waals surface area (Å²) in [5.41, 5.74) is 0. The summed E-state index contributed by atoms with van der Waals surface area (Å²) in [6, 6.07) is 5.88. The van der Waals surface area contributed by atoms with Crippen molar-refractivity contribution in [3.63, 3.8) is 0 Å². The van der Waals surface area contributed by atoms with Crippen molar-refractivity contribution >= 4 is 11.8 Å². The Morgan fingerprint density at radius 3 is 2.76 bits per heavy atom. The average Bonchev–Trinajstić information content (AvgIpc) is 3.36. The molecule has 1 aliphatic heterocycles. The minimum atomic E-state index is -0.783. The van der Waals surface area contributed by atoms with E-state index in [1.165, 1.54) is 12.5 Å². The number of furan rings is 2. The molecule has 0 aliphatic carbocycles. The molecule has 2 amide bonds. The number of hydrogen-bond acceptors (Lipinski definition) is 5. The highest BCUT2D eigenvalue weighted by Gasteiger charge is 2.36. The van der Waals surface area contributed by atoms with Gasteiger partial charge in [-0.2, -0.15) is 0 Å². The molecule has 3 heterocycles. The fourth-order valence-electron chi connectivity index (χ4n) is 3.15. The molecule has 3 unspecified atom stereocenters. The van der Waals surface area contributed by atoms with E-state index in [0.29, 0.717) is 25.1 Å². The second kappa shape index (κ2) is 7.57. The Bertz CT molecular complexity index is 695. The molecule has 0 saturated carbocycles. The first-order valence-corrected chi connectivity index (χ1v) is 8.42. The molecular weight excluding hydrogens is 324 g/mol. The smallest absolute Gasteiger partial charge is 0.290 e. The van der Waals surface area contributed by atoms with Gasteiger partial charge in [-0.05, 0) is 44.0 Å². The van der Waals surface area contributed by atoms with Gasteiger partial charge in [-0.3, -0.25) is 9.59 Å². The van der Waals surface area contributed by atoms with Crippen LogP contribution in [0.3, 0.4) is 0 Å². The van der Waals surface area contributed by atoms with Crippen LogP contribution < -0.4 is 5.32 Å². The summed E-state index contributed by atoms with van der Waals surface area (Å²) in [4.78, 5) is 26.6. The Hall–Kier alpha value is -2.54. The van der Waals surface area contributed by atoms with Gasteiger partial charge in [0.25, 0.3) is 5.91 Å². The van der Waals surface area contributed by atoms with E-state index < -0.39 is 12.1 Å². The summed E-state index contributed by atoms with van der Waals surface area (Å²) >= 11 is 0. The maximum atomic E-state index is 12.6. The van der Waals surface area contributed by atoms with Gasteiger partial charge in [-0.1, -0.05) is 0 Å². The lowest BCUT2D eigenvalue weighted by Gasteiger charge is -2.25. The first-order valence-electron chi connectivity index (χ1n) is 8.42. The van der Waals surface area contributed by atoms with Crippen LogP contribution in [-0.2, 0) is 4.79 Å². The number of rotatable bonds is 6. The molecule has 7 heteroatoms. The Labute approximate surface area is 145 Å². The zero-order chi connectivity index (χ0) is 17.8. The zero-order valence-corrected chi connectivity index (χ0v) is 14.1. The van der Waals surface area contributed by atoms with Gasteiger partial charge < -0.3 is 24.2 Å². The third-order valence-corrected chi connectivity index (χ3v) is 4.39. The van der Waals surface area contributed by atoms with Crippen LogP contribution in [0.15, 0.2) is 45.6 Å². The van der Waals surface area contributed by atoms with E-state index in [2.05, 4.69) is 5.32 Å². The number of carbonyl (C=O) groups excluding carboxylic acids is 2. The molecule has 0 aromatic carbocycles. The fraction of sp³-hybridized carbons (Fsp3) is 0.444. The largest absolute Gasteiger partial charge is 0.467 e. The van der Waals surface area contributed by atoms with E-state index in [1.54, 1.807) is 29.2 Å². The fourth-order valence-corrected chi connectivity index (χ4v) is 3.15. The molecule has 2 N–H and O–H groups in total. The van der Waals surface area contributed by atoms with Gasteiger partial charge in [0, 0.05) is 19.0 Å². The maximum Gasteiger partial charge on any atom is 0.290 e. The van der Waals surface area contributed by atoms with Gasteiger partial charge >= 0.3 is 0 Å². The van der Waals surface area contributed by atoms with Crippen LogP contribution in [0.1, 0.15) is 48.6 Å². The lowest BCUT2D eigenvalue weighted by atomic mass is 10.1. The first kappa shape index (κ1) is 17.3. The number of nitrogens with zero attached hydrogens (tertiary/aromatic N) is 1. The van der Waals surface area contributed by atoms with Gasteiger partial charge in [0.05, 0.1) is 12.5 Å². The van der Waals surface area contributed by atoms with E-state index in [-0.39, 0.29) is 23.6 Å². The summed E-state index contributed by atoms with van der Waals surface area (Å²) in [6.45, 7) is 2.35. The number of aliphatic hydroxyl groups is 1. The van der Waals surface area contributed by atoms with E-state index in [4.69, 9.17) is 8.83 Å². The van der Waals surface area contributed by atoms with Crippen LogP contribution >= 0.6 is 0 Å². The van der Waals surface area contributed by atoms with Gasteiger partial charge in [0.2, 0.25) is 5.91 Å². The van der Waals surface area contributed by atoms with Crippen molar-refractivity contribution in [2.24, 2.45) is 0 Å². The van der Waals surface area contributed by atoms with Crippen LogP contribution in [0.5, 0.6) is 0 Å². The van der Waals surface area contributed by atoms with Crippen LogP contribution in [0, 0.1) is 0 Å². The maximum absolute atomic E-state index is 12.6. The topological polar surface area (TPSA) is 95.9 Å². The molecule has 3 atom stereocenters. The van der Waals surface area contributed by atoms with E-state index in [1.807, 2.05) is 6.92 Å². The number of aliphatic hydroxyl groups excluding tert-OH is 1. The molecule has 0 bridgehead atoms. The van der Waals surface area contributed by atoms with E-state index >= 15 is 0 Å². The third-order valence-electron chi connectivity index (χ3n) is 4.39. The standard InChI is InChI=1S/C18H22N2O5/c1-12(11-14(21)15-6-3-9-24-15)19-17(22)13-5-2-8-20(13)18(23)16-7-4-10-25-16/h3-4,6-7,9-10,12-14,21H,2,5,8,11H2,1H3,(H,19,22). The van der Waals surface area contributed by atoms with Crippen LogP contribution in [-0.4, -0.2) is 40.4 Å². The Balaban J connectivity index is 1.57. The Morgan fingerprint density at radius 2 is 2.08 bits per heavy atom. The van der Waals surface area contributed by atoms with Gasteiger partial charge in [-0.15, -0.1) is 0 Å². The number of nitrogens with one attached hydrogen (secondary N) is 1.